The van der Waals surface area contributed by atoms with Crippen LogP contribution in [0.5, 0.6) is 11.5 Å². The normalized spacial score (nSPS) is 16.5. The van der Waals surface area contributed by atoms with E-state index in [4.69, 9.17) is 26.1 Å². The number of carbonyl (C=O) groups excluding carboxylic acids is 2. The van der Waals surface area contributed by atoms with E-state index >= 15 is 0 Å². The highest BCUT2D eigenvalue weighted by Gasteiger charge is 2.35. The summed E-state index contributed by atoms with van der Waals surface area (Å²) < 4.78 is 11.8. The van der Waals surface area contributed by atoms with Gasteiger partial charge >= 0.3 is 0 Å². The van der Waals surface area contributed by atoms with Crippen LogP contribution in [0.3, 0.4) is 0 Å². The molecule has 3 aromatic carbocycles. The molecule has 7 nitrogen and oxygen atoms in total. The molecule has 2 amide bonds. The summed E-state index contributed by atoms with van der Waals surface area (Å²) in [4.78, 5) is 32.7. The quantitative estimate of drug-likeness (QED) is 0.296. The van der Waals surface area contributed by atoms with Gasteiger partial charge in [-0.25, -0.2) is 4.99 Å². The Hall–Kier alpha value is -2.76. The summed E-state index contributed by atoms with van der Waals surface area (Å²) in [7, 11) is 3.18. The molecule has 1 heterocycles. The van der Waals surface area contributed by atoms with Crippen LogP contribution in [0.25, 0.3) is 0 Å². The molecule has 1 unspecified atom stereocenters. The van der Waals surface area contributed by atoms with Gasteiger partial charge < -0.3 is 14.8 Å². The van der Waals surface area contributed by atoms with Gasteiger partial charge in [-0.2, -0.15) is 0 Å². The van der Waals surface area contributed by atoms with Crippen LogP contribution < -0.4 is 14.8 Å². The molecule has 1 aliphatic rings. The molecule has 0 radical (unpaired) electrons. The number of aliphatic imine (C=N–C) groups is 1. The molecule has 37 heavy (non-hydrogen) atoms. The van der Waals surface area contributed by atoms with E-state index in [0.717, 1.165) is 9.13 Å². The highest BCUT2D eigenvalue weighted by molar-refractivity contribution is 14.1. The van der Waals surface area contributed by atoms with Crippen molar-refractivity contribution in [3.63, 3.8) is 0 Å². The Bertz CT molecular complexity index is 1320. The summed E-state index contributed by atoms with van der Waals surface area (Å²) >= 11 is 9.64. The largest absolute Gasteiger partial charge is 0.493 e. The summed E-state index contributed by atoms with van der Waals surface area (Å²) in [6.07, 6.45) is 0.641. The third-order valence-corrected chi connectivity index (χ3v) is 7.79. The number of carbonyl (C=O) groups is 2. The van der Waals surface area contributed by atoms with Crippen LogP contribution in [-0.4, -0.2) is 47.9 Å². The number of nitrogens with one attached hydrogen (secondary N) is 1. The van der Waals surface area contributed by atoms with Gasteiger partial charge in [0.1, 0.15) is 5.25 Å². The Balaban J connectivity index is 1.55. The van der Waals surface area contributed by atoms with Crippen molar-refractivity contribution in [1.82, 2.24) is 4.90 Å². The molecule has 0 bridgehead atoms. The standard InChI is InChI=1S/C27H25ClIN3O4S/c1-35-22-11-6-17(14-23(22)36-2)12-13-32-25(33)16-24(26(34)30-20-9-7-19(29)8-10-20)37-27(32)31-21-5-3-4-18(28)15-21/h3-11,14-15,24H,12-13,16H2,1-2H3,(H,30,34). The molecule has 0 aliphatic carbocycles. The highest BCUT2D eigenvalue weighted by Crippen LogP contribution is 2.32. The molecule has 1 N–H and O–H groups in total. The second-order valence-electron chi connectivity index (χ2n) is 8.17. The maximum Gasteiger partial charge on any atom is 0.238 e. The van der Waals surface area contributed by atoms with Crippen LogP contribution in [0.15, 0.2) is 71.7 Å². The van der Waals surface area contributed by atoms with Gasteiger partial charge in [0.25, 0.3) is 0 Å². The topological polar surface area (TPSA) is 80.2 Å². The van der Waals surface area contributed by atoms with Crippen molar-refractivity contribution < 1.29 is 19.1 Å². The van der Waals surface area contributed by atoms with Crippen LogP contribution in [0.1, 0.15) is 12.0 Å². The van der Waals surface area contributed by atoms with Crippen molar-refractivity contribution in [1.29, 1.82) is 0 Å². The minimum Gasteiger partial charge on any atom is -0.493 e. The number of rotatable bonds is 8. The van der Waals surface area contributed by atoms with Gasteiger partial charge in [0.2, 0.25) is 11.8 Å². The third-order valence-electron chi connectivity index (χ3n) is 5.65. The van der Waals surface area contributed by atoms with E-state index in [1.165, 1.54) is 11.8 Å². The lowest BCUT2D eigenvalue weighted by Crippen LogP contribution is -2.46. The van der Waals surface area contributed by atoms with Gasteiger partial charge in [0, 0.05) is 27.2 Å². The van der Waals surface area contributed by atoms with E-state index < -0.39 is 5.25 Å². The van der Waals surface area contributed by atoms with Crippen LogP contribution in [-0.2, 0) is 16.0 Å². The van der Waals surface area contributed by atoms with Crippen LogP contribution >= 0.6 is 46.0 Å². The van der Waals surface area contributed by atoms with Gasteiger partial charge in [0.15, 0.2) is 16.7 Å². The zero-order valence-electron chi connectivity index (χ0n) is 20.2. The number of halogens is 2. The Kier molecular flexibility index (Phi) is 9.33. The predicted molar refractivity (Wildman–Crippen MR) is 157 cm³/mol. The highest BCUT2D eigenvalue weighted by atomic mass is 127. The minimum absolute atomic E-state index is 0.0708. The molecule has 1 aliphatic heterocycles. The van der Waals surface area contributed by atoms with Crippen molar-refractivity contribution in [3.8, 4) is 11.5 Å². The number of thioether (sulfide) groups is 1. The average Bonchev–Trinajstić information content (AvgIpc) is 2.89. The van der Waals surface area contributed by atoms with Crippen molar-refractivity contribution in [2.45, 2.75) is 18.1 Å². The van der Waals surface area contributed by atoms with Gasteiger partial charge in [-0.15, -0.1) is 0 Å². The molecule has 3 aromatic rings. The van der Waals surface area contributed by atoms with Crippen molar-refractivity contribution >= 4 is 74.3 Å². The second kappa shape index (κ2) is 12.7. The zero-order chi connectivity index (χ0) is 26.4. The van der Waals surface area contributed by atoms with E-state index in [9.17, 15) is 9.59 Å². The van der Waals surface area contributed by atoms with E-state index in [1.807, 2.05) is 48.5 Å². The van der Waals surface area contributed by atoms with Gasteiger partial charge in [-0.1, -0.05) is 35.5 Å². The molecule has 4 rings (SSSR count). The van der Waals surface area contributed by atoms with Gasteiger partial charge in [-0.05, 0) is 89.2 Å². The van der Waals surface area contributed by atoms with Crippen LogP contribution in [0.2, 0.25) is 5.02 Å². The van der Waals surface area contributed by atoms with Crippen LogP contribution in [0.4, 0.5) is 11.4 Å². The summed E-state index contributed by atoms with van der Waals surface area (Å²) in [6, 6.07) is 20.3. The first-order valence-electron chi connectivity index (χ1n) is 11.4. The Morgan fingerprint density at radius 2 is 1.86 bits per heavy atom. The molecule has 1 atom stereocenters. The number of nitrogens with zero attached hydrogens (tertiary/aromatic N) is 2. The lowest BCUT2D eigenvalue weighted by Gasteiger charge is -2.32. The van der Waals surface area contributed by atoms with Crippen molar-refractivity contribution in [2.75, 3.05) is 26.1 Å². The number of benzene rings is 3. The fraction of sp³-hybridized carbons (Fsp3) is 0.222. The van der Waals surface area contributed by atoms with Crippen LogP contribution in [0, 0.1) is 3.57 Å². The Labute approximate surface area is 238 Å². The zero-order valence-corrected chi connectivity index (χ0v) is 24.0. The number of ether oxygens (including phenoxy) is 2. The summed E-state index contributed by atoms with van der Waals surface area (Å²) in [5, 5.41) is 3.30. The van der Waals surface area contributed by atoms with E-state index in [2.05, 4.69) is 27.9 Å². The van der Waals surface area contributed by atoms with Gasteiger partial charge in [-0.3, -0.25) is 14.5 Å². The molecular weight excluding hydrogens is 625 g/mol. The van der Waals surface area contributed by atoms with E-state index in [0.29, 0.717) is 46.0 Å². The number of hydrogen-bond donors (Lipinski definition) is 1. The molecule has 0 spiro atoms. The third kappa shape index (κ3) is 7.18. The number of hydrogen-bond acceptors (Lipinski definition) is 6. The molecule has 192 valence electrons. The molecular formula is C27H25ClIN3O4S. The Morgan fingerprint density at radius 1 is 1.11 bits per heavy atom. The molecule has 1 fully saturated rings. The minimum atomic E-state index is -0.609. The monoisotopic (exact) mass is 649 g/mol. The Morgan fingerprint density at radius 3 is 2.57 bits per heavy atom. The summed E-state index contributed by atoms with van der Waals surface area (Å²) in [5.41, 5.74) is 2.27. The molecule has 0 saturated carbocycles. The maximum absolute atomic E-state index is 13.3. The first kappa shape index (κ1) is 27.3. The first-order chi connectivity index (χ1) is 17.9. The first-order valence-corrected chi connectivity index (χ1v) is 13.8. The number of amides is 2. The summed E-state index contributed by atoms with van der Waals surface area (Å²) in [5.74, 6) is 0.862. The average molecular weight is 650 g/mol. The second-order valence-corrected chi connectivity index (χ2v) is 11.0. The molecule has 0 aromatic heterocycles. The number of methoxy groups -OCH3 is 2. The maximum atomic E-state index is 13.3. The number of amidine groups is 1. The van der Waals surface area contributed by atoms with Gasteiger partial charge in [0.05, 0.1) is 19.9 Å². The lowest BCUT2D eigenvalue weighted by atomic mass is 10.1. The van der Waals surface area contributed by atoms with E-state index in [1.54, 1.807) is 37.3 Å². The fourth-order valence-electron chi connectivity index (χ4n) is 3.75. The van der Waals surface area contributed by atoms with Crippen molar-refractivity contribution in [3.05, 3.63) is 80.9 Å². The molecule has 1 saturated heterocycles. The fourth-order valence-corrected chi connectivity index (χ4v) is 5.42. The number of anilines is 1. The van der Waals surface area contributed by atoms with E-state index in [-0.39, 0.29) is 18.2 Å². The molecule has 10 heteroatoms. The lowest BCUT2D eigenvalue weighted by molar-refractivity contribution is -0.129. The SMILES string of the molecule is COc1ccc(CCN2C(=O)CC(C(=O)Nc3ccc(I)cc3)SC2=Nc2cccc(Cl)c2)cc1OC. The summed E-state index contributed by atoms with van der Waals surface area (Å²) in [6.45, 7) is 0.395. The smallest absolute Gasteiger partial charge is 0.238 e. The van der Waals surface area contributed by atoms with Crippen molar-refractivity contribution in [2.24, 2.45) is 4.99 Å². The predicted octanol–water partition coefficient (Wildman–Crippen LogP) is 6.16.